The molecule has 132 valence electrons. The molecule has 1 aromatic rings. The van der Waals surface area contributed by atoms with Crippen LogP contribution in [-0.2, 0) is 14.4 Å². The van der Waals surface area contributed by atoms with E-state index in [4.69, 9.17) is 0 Å². The first kappa shape index (κ1) is 17.3. The number of hydrogen-bond acceptors (Lipinski definition) is 6. The Kier molecular flexibility index (Phi) is 4.67. The summed E-state index contributed by atoms with van der Waals surface area (Å²) in [5, 5.41) is 23.1. The van der Waals surface area contributed by atoms with Crippen LogP contribution >= 0.6 is 11.8 Å². The standard InChI is InChI=1S/C16H17N3O5S/c1-7-6-25-15(19-10(7)16(23)24)12-14(22)17-11(13(21)18-12)8-2-4-9(20)5-3-8/h2-5,7,11-12,15,20H,6H2,1H3,(H,17,22)(H,18,21)(H,23,24). The second-order valence-corrected chi connectivity index (χ2v) is 7.11. The molecule has 2 aliphatic heterocycles. The number of phenolic OH excluding ortho intramolecular Hbond substituents is 1. The molecule has 1 aromatic carbocycles. The van der Waals surface area contributed by atoms with Crippen LogP contribution in [-0.4, -0.2) is 50.9 Å². The zero-order chi connectivity index (χ0) is 18.1. The van der Waals surface area contributed by atoms with Crippen molar-refractivity contribution in [1.29, 1.82) is 0 Å². The number of piperazine rings is 1. The molecule has 3 rings (SSSR count). The molecular formula is C16H17N3O5S. The zero-order valence-electron chi connectivity index (χ0n) is 13.3. The second-order valence-electron chi connectivity index (χ2n) is 5.96. The Morgan fingerprint density at radius 3 is 2.52 bits per heavy atom. The molecule has 25 heavy (non-hydrogen) atoms. The molecule has 4 unspecified atom stereocenters. The van der Waals surface area contributed by atoms with E-state index in [-0.39, 0.29) is 17.4 Å². The van der Waals surface area contributed by atoms with Crippen molar-refractivity contribution >= 4 is 35.3 Å². The summed E-state index contributed by atoms with van der Waals surface area (Å²) in [4.78, 5) is 40.2. The number of nitrogens with one attached hydrogen (secondary N) is 2. The Hall–Kier alpha value is -2.55. The lowest BCUT2D eigenvalue weighted by Crippen LogP contribution is -2.61. The van der Waals surface area contributed by atoms with Crippen LogP contribution in [0.5, 0.6) is 5.75 Å². The number of carbonyl (C=O) groups is 3. The first-order valence-corrected chi connectivity index (χ1v) is 8.74. The highest BCUT2D eigenvalue weighted by Gasteiger charge is 2.41. The van der Waals surface area contributed by atoms with Crippen LogP contribution < -0.4 is 10.6 Å². The maximum Gasteiger partial charge on any atom is 0.350 e. The van der Waals surface area contributed by atoms with Crippen LogP contribution in [0.4, 0.5) is 0 Å². The van der Waals surface area contributed by atoms with E-state index >= 15 is 0 Å². The molecule has 2 aliphatic rings. The molecule has 8 nitrogen and oxygen atoms in total. The number of aliphatic imine (C=N–C) groups is 1. The Bertz CT molecular complexity index is 749. The number of hydrogen-bond donors (Lipinski definition) is 4. The van der Waals surface area contributed by atoms with E-state index < -0.39 is 35.2 Å². The van der Waals surface area contributed by atoms with Gasteiger partial charge < -0.3 is 20.8 Å². The molecule has 4 atom stereocenters. The zero-order valence-corrected chi connectivity index (χ0v) is 14.1. The number of carbonyl (C=O) groups excluding carboxylic acids is 2. The summed E-state index contributed by atoms with van der Waals surface area (Å²) in [6.45, 7) is 1.76. The van der Waals surface area contributed by atoms with E-state index in [9.17, 15) is 24.6 Å². The molecule has 0 aromatic heterocycles. The Labute approximate surface area is 147 Å². The molecule has 0 radical (unpaired) electrons. The number of carboxylic acids is 1. The first-order chi connectivity index (χ1) is 11.9. The van der Waals surface area contributed by atoms with Gasteiger partial charge in [-0.15, -0.1) is 11.8 Å². The number of carboxylic acid groups (broad SMARTS) is 1. The topological polar surface area (TPSA) is 128 Å². The molecule has 9 heteroatoms. The van der Waals surface area contributed by atoms with Crippen molar-refractivity contribution < 1.29 is 24.6 Å². The molecule has 4 N–H and O–H groups in total. The van der Waals surface area contributed by atoms with Gasteiger partial charge in [0.25, 0.3) is 0 Å². The van der Waals surface area contributed by atoms with Gasteiger partial charge in [-0.1, -0.05) is 19.1 Å². The monoisotopic (exact) mass is 363 g/mol. The van der Waals surface area contributed by atoms with Crippen LogP contribution in [0.2, 0.25) is 0 Å². The van der Waals surface area contributed by atoms with Gasteiger partial charge in [0, 0.05) is 11.7 Å². The molecular weight excluding hydrogens is 346 g/mol. The van der Waals surface area contributed by atoms with Crippen molar-refractivity contribution in [1.82, 2.24) is 10.6 Å². The highest BCUT2D eigenvalue weighted by Crippen LogP contribution is 2.29. The van der Waals surface area contributed by atoms with Gasteiger partial charge >= 0.3 is 5.97 Å². The Morgan fingerprint density at radius 2 is 1.88 bits per heavy atom. The van der Waals surface area contributed by atoms with Crippen LogP contribution in [0.1, 0.15) is 18.5 Å². The van der Waals surface area contributed by atoms with Crippen LogP contribution in [0, 0.1) is 5.92 Å². The first-order valence-electron chi connectivity index (χ1n) is 7.69. The summed E-state index contributed by atoms with van der Waals surface area (Å²) in [6.07, 6.45) is 0. The summed E-state index contributed by atoms with van der Waals surface area (Å²) >= 11 is 1.34. The molecule has 2 heterocycles. The van der Waals surface area contributed by atoms with E-state index in [1.54, 1.807) is 19.1 Å². The predicted molar refractivity (Wildman–Crippen MR) is 91.4 cm³/mol. The number of thioether (sulfide) groups is 1. The normalized spacial score (nSPS) is 29.4. The van der Waals surface area contributed by atoms with E-state index in [1.165, 1.54) is 23.9 Å². The van der Waals surface area contributed by atoms with Gasteiger partial charge in [-0.25, -0.2) is 4.79 Å². The minimum atomic E-state index is -1.11. The fourth-order valence-electron chi connectivity index (χ4n) is 2.76. The van der Waals surface area contributed by atoms with E-state index in [2.05, 4.69) is 15.6 Å². The molecule has 0 bridgehead atoms. The SMILES string of the molecule is CC1CSC(C2NC(=O)C(c3ccc(O)cc3)NC2=O)N=C1C(=O)O. The average molecular weight is 363 g/mol. The Morgan fingerprint density at radius 1 is 1.20 bits per heavy atom. The summed E-state index contributed by atoms with van der Waals surface area (Å²) in [7, 11) is 0. The lowest BCUT2D eigenvalue weighted by Gasteiger charge is -2.34. The average Bonchev–Trinajstić information content (AvgIpc) is 2.58. The quantitative estimate of drug-likeness (QED) is 0.611. The third kappa shape index (κ3) is 3.46. The third-order valence-electron chi connectivity index (χ3n) is 4.11. The lowest BCUT2D eigenvalue weighted by atomic mass is 10.0. The predicted octanol–water partition coefficient (Wildman–Crippen LogP) is 0.282. The minimum absolute atomic E-state index is 0.0199. The number of nitrogens with zero attached hydrogens (tertiary/aromatic N) is 1. The second kappa shape index (κ2) is 6.75. The van der Waals surface area contributed by atoms with Gasteiger partial charge in [-0.05, 0) is 17.7 Å². The van der Waals surface area contributed by atoms with E-state index in [0.29, 0.717) is 11.3 Å². The highest BCUT2D eigenvalue weighted by molar-refractivity contribution is 8.00. The number of amides is 2. The lowest BCUT2D eigenvalue weighted by molar-refractivity contribution is -0.136. The highest BCUT2D eigenvalue weighted by atomic mass is 32.2. The van der Waals surface area contributed by atoms with Gasteiger partial charge in [0.05, 0.1) is 0 Å². The summed E-state index contributed by atoms with van der Waals surface area (Å²) in [5.41, 5.74) is 0.563. The van der Waals surface area contributed by atoms with Gasteiger partial charge in [0.2, 0.25) is 11.8 Å². The van der Waals surface area contributed by atoms with Gasteiger partial charge in [0.15, 0.2) is 0 Å². The number of phenols is 1. The number of rotatable bonds is 3. The van der Waals surface area contributed by atoms with E-state index in [1.807, 2.05) is 0 Å². The molecule has 0 saturated carbocycles. The summed E-state index contributed by atoms with van der Waals surface area (Å²) in [6, 6.07) is 4.19. The fraction of sp³-hybridized carbons (Fsp3) is 0.375. The van der Waals surface area contributed by atoms with Crippen LogP contribution in [0.3, 0.4) is 0 Å². The van der Waals surface area contributed by atoms with Crippen LogP contribution in [0.15, 0.2) is 29.3 Å². The molecule has 1 fully saturated rings. The van der Waals surface area contributed by atoms with Crippen molar-refractivity contribution in [2.75, 3.05) is 5.75 Å². The van der Waals surface area contributed by atoms with Gasteiger partial charge in [-0.3, -0.25) is 14.6 Å². The van der Waals surface area contributed by atoms with Crippen molar-refractivity contribution in [2.24, 2.45) is 10.9 Å². The Balaban J connectivity index is 1.79. The number of aliphatic carboxylic acids is 1. The molecule has 0 aliphatic carbocycles. The molecule has 1 saturated heterocycles. The number of aromatic hydroxyl groups is 1. The van der Waals surface area contributed by atoms with Gasteiger partial charge in [-0.2, -0.15) is 0 Å². The maximum absolute atomic E-state index is 12.4. The van der Waals surface area contributed by atoms with Crippen molar-refractivity contribution in [2.45, 2.75) is 24.4 Å². The minimum Gasteiger partial charge on any atom is -0.508 e. The fourth-order valence-corrected chi connectivity index (χ4v) is 3.98. The van der Waals surface area contributed by atoms with E-state index in [0.717, 1.165) is 0 Å². The summed E-state index contributed by atoms with van der Waals surface area (Å²) < 4.78 is 0. The third-order valence-corrected chi connectivity index (χ3v) is 5.52. The molecule has 0 spiro atoms. The number of benzene rings is 1. The maximum atomic E-state index is 12.4. The van der Waals surface area contributed by atoms with Crippen LogP contribution in [0.25, 0.3) is 0 Å². The summed E-state index contributed by atoms with van der Waals surface area (Å²) in [5.74, 6) is -1.57. The van der Waals surface area contributed by atoms with Crippen molar-refractivity contribution in [3.05, 3.63) is 29.8 Å². The van der Waals surface area contributed by atoms with Crippen molar-refractivity contribution in [3.8, 4) is 5.75 Å². The smallest absolute Gasteiger partial charge is 0.350 e. The van der Waals surface area contributed by atoms with Gasteiger partial charge in [0.1, 0.15) is 28.9 Å². The molecule has 2 amide bonds. The largest absolute Gasteiger partial charge is 0.508 e. The van der Waals surface area contributed by atoms with Crippen molar-refractivity contribution in [3.63, 3.8) is 0 Å².